The lowest BCUT2D eigenvalue weighted by atomic mass is 10.1. The number of nitrogens with zero attached hydrogens (tertiary/aromatic N) is 1. The molecule has 0 fully saturated rings. The van der Waals surface area contributed by atoms with Crippen LogP contribution in [0.1, 0.15) is 52.5 Å². The van der Waals surface area contributed by atoms with Crippen LogP contribution in [-0.4, -0.2) is 28.8 Å². The molecule has 0 spiro atoms. The predicted molar refractivity (Wildman–Crippen MR) is 99.3 cm³/mol. The number of rotatable bonds is 8. The molecule has 0 aliphatic carbocycles. The van der Waals surface area contributed by atoms with Crippen LogP contribution in [0.25, 0.3) is 0 Å². The van der Waals surface area contributed by atoms with E-state index in [1.165, 1.54) is 0 Å². The number of carbonyl (C=O) groups is 2. The maximum atomic E-state index is 12.5. The molecule has 2 unspecified atom stereocenters. The molecule has 2 amide bonds. The van der Waals surface area contributed by atoms with Gasteiger partial charge in [-0.05, 0) is 44.4 Å². The Kier molecular flexibility index (Phi) is 8.57. The van der Waals surface area contributed by atoms with Gasteiger partial charge in [-0.25, -0.2) is 0 Å². The first-order valence-electron chi connectivity index (χ1n) is 8.33. The van der Waals surface area contributed by atoms with E-state index in [0.717, 1.165) is 18.4 Å². The third-order valence-electron chi connectivity index (χ3n) is 3.97. The van der Waals surface area contributed by atoms with E-state index in [9.17, 15) is 9.59 Å². The monoisotopic (exact) mass is 372 g/mol. The first-order chi connectivity index (χ1) is 11.3. The number of hydrogen-bond acceptors (Lipinski definition) is 2. The predicted octanol–water partition coefficient (Wildman–Crippen LogP) is 4.43. The van der Waals surface area contributed by atoms with Crippen molar-refractivity contribution >= 4 is 35.0 Å². The molecule has 134 valence electrons. The molecule has 0 aliphatic rings. The van der Waals surface area contributed by atoms with Gasteiger partial charge in [-0.2, -0.15) is 0 Å². The number of halogens is 2. The van der Waals surface area contributed by atoms with Gasteiger partial charge < -0.3 is 10.2 Å². The van der Waals surface area contributed by atoms with Crippen molar-refractivity contribution in [2.24, 2.45) is 0 Å². The van der Waals surface area contributed by atoms with E-state index in [1.54, 1.807) is 24.0 Å². The quantitative estimate of drug-likeness (QED) is 0.733. The average Bonchev–Trinajstić information content (AvgIpc) is 2.55. The smallest absolute Gasteiger partial charge is 0.242 e. The van der Waals surface area contributed by atoms with Gasteiger partial charge in [0.2, 0.25) is 11.8 Å². The van der Waals surface area contributed by atoms with E-state index < -0.39 is 6.04 Å². The third kappa shape index (κ3) is 5.99. The van der Waals surface area contributed by atoms with Crippen LogP contribution >= 0.6 is 23.2 Å². The van der Waals surface area contributed by atoms with Gasteiger partial charge in [0.15, 0.2) is 0 Å². The summed E-state index contributed by atoms with van der Waals surface area (Å²) >= 11 is 12.0. The topological polar surface area (TPSA) is 49.4 Å². The fourth-order valence-electron chi connectivity index (χ4n) is 2.24. The van der Waals surface area contributed by atoms with Crippen molar-refractivity contribution in [1.82, 2.24) is 10.2 Å². The largest absolute Gasteiger partial charge is 0.352 e. The van der Waals surface area contributed by atoms with E-state index >= 15 is 0 Å². The van der Waals surface area contributed by atoms with Crippen LogP contribution in [0.5, 0.6) is 0 Å². The van der Waals surface area contributed by atoms with Crippen LogP contribution in [0.3, 0.4) is 0 Å². The molecular formula is C18H26Cl2N2O2. The zero-order valence-electron chi connectivity index (χ0n) is 14.7. The molecule has 4 nitrogen and oxygen atoms in total. The zero-order valence-corrected chi connectivity index (χ0v) is 16.2. The Bertz CT molecular complexity index is 578. The second kappa shape index (κ2) is 9.90. The number of nitrogens with one attached hydrogen (secondary N) is 1. The average molecular weight is 373 g/mol. The first kappa shape index (κ1) is 20.8. The summed E-state index contributed by atoms with van der Waals surface area (Å²) in [6.07, 6.45) is 1.98. The molecule has 0 saturated heterocycles. The Balaban J connectivity index is 2.96. The van der Waals surface area contributed by atoms with E-state index in [2.05, 4.69) is 5.32 Å². The fourth-order valence-corrected chi connectivity index (χ4v) is 2.56. The lowest BCUT2D eigenvalue weighted by Gasteiger charge is -2.29. The summed E-state index contributed by atoms with van der Waals surface area (Å²) < 4.78 is 0. The van der Waals surface area contributed by atoms with Crippen molar-refractivity contribution in [2.45, 2.75) is 65.6 Å². The van der Waals surface area contributed by atoms with E-state index in [4.69, 9.17) is 23.2 Å². The van der Waals surface area contributed by atoms with Gasteiger partial charge in [0.25, 0.3) is 0 Å². The first-order valence-corrected chi connectivity index (χ1v) is 9.09. The molecule has 1 aromatic rings. The van der Waals surface area contributed by atoms with Gasteiger partial charge in [-0.1, -0.05) is 43.1 Å². The minimum absolute atomic E-state index is 0.0460. The van der Waals surface area contributed by atoms with Crippen molar-refractivity contribution in [3.05, 3.63) is 33.8 Å². The van der Waals surface area contributed by atoms with Gasteiger partial charge in [0, 0.05) is 19.0 Å². The molecule has 6 heteroatoms. The maximum Gasteiger partial charge on any atom is 0.242 e. The summed E-state index contributed by atoms with van der Waals surface area (Å²) in [5.41, 5.74) is 0.844. The van der Waals surface area contributed by atoms with Crippen LogP contribution in [0.15, 0.2) is 18.2 Å². The van der Waals surface area contributed by atoms with Crippen LogP contribution in [0.2, 0.25) is 10.0 Å². The fraction of sp³-hybridized carbons (Fsp3) is 0.556. The highest BCUT2D eigenvalue weighted by atomic mass is 35.5. The standard InChI is InChI=1S/C18H26Cl2N2O2/c1-5-7-17(23)22(13(4)18(24)21-12(3)6-2)11-14-8-9-15(19)16(20)10-14/h8-10,12-13H,5-7,11H2,1-4H3,(H,21,24). The summed E-state index contributed by atoms with van der Waals surface area (Å²) in [7, 11) is 0. The van der Waals surface area contributed by atoms with Crippen LogP contribution in [0, 0.1) is 0 Å². The normalized spacial score (nSPS) is 13.2. The molecule has 0 saturated carbocycles. The van der Waals surface area contributed by atoms with Crippen molar-refractivity contribution in [1.29, 1.82) is 0 Å². The van der Waals surface area contributed by atoms with E-state index in [1.807, 2.05) is 26.8 Å². The summed E-state index contributed by atoms with van der Waals surface area (Å²) in [6.45, 7) is 7.97. The molecule has 1 rings (SSSR count). The van der Waals surface area contributed by atoms with Gasteiger partial charge in [-0.15, -0.1) is 0 Å². The summed E-state index contributed by atoms with van der Waals surface area (Å²) in [5.74, 6) is -0.191. The number of hydrogen-bond donors (Lipinski definition) is 1. The maximum absolute atomic E-state index is 12.5. The van der Waals surface area contributed by atoms with Gasteiger partial charge in [0.05, 0.1) is 10.0 Å². The number of benzene rings is 1. The Morgan fingerprint density at radius 1 is 1.17 bits per heavy atom. The summed E-state index contributed by atoms with van der Waals surface area (Å²) in [4.78, 5) is 26.5. The summed E-state index contributed by atoms with van der Waals surface area (Å²) in [6, 6.07) is 4.78. The lowest BCUT2D eigenvalue weighted by Crippen LogP contribution is -2.49. The highest BCUT2D eigenvalue weighted by molar-refractivity contribution is 6.42. The van der Waals surface area contributed by atoms with E-state index in [0.29, 0.717) is 23.0 Å². The Labute approximate surface area is 154 Å². The van der Waals surface area contributed by atoms with Gasteiger partial charge in [0.1, 0.15) is 6.04 Å². The minimum atomic E-state index is -0.549. The highest BCUT2D eigenvalue weighted by Crippen LogP contribution is 2.24. The number of carbonyl (C=O) groups excluding carboxylic acids is 2. The van der Waals surface area contributed by atoms with Crippen LogP contribution in [0.4, 0.5) is 0 Å². The number of amides is 2. The Hall–Kier alpha value is -1.26. The Morgan fingerprint density at radius 3 is 2.38 bits per heavy atom. The minimum Gasteiger partial charge on any atom is -0.352 e. The van der Waals surface area contributed by atoms with E-state index in [-0.39, 0.29) is 17.9 Å². The summed E-state index contributed by atoms with van der Waals surface area (Å²) in [5, 5.41) is 3.84. The highest BCUT2D eigenvalue weighted by Gasteiger charge is 2.26. The van der Waals surface area contributed by atoms with Crippen molar-refractivity contribution < 1.29 is 9.59 Å². The molecule has 0 radical (unpaired) electrons. The molecule has 0 aliphatic heterocycles. The lowest BCUT2D eigenvalue weighted by molar-refractivity contribution is -0.140. The van der Waals surface area contributed by atoms with Gasteiger partial charge in [-0.3, -0.25) is 9.59 Å². The molecule has 1 aromatic carbocycles. The Morgan fingerprint density at radius 2 is 1.83 bits per heavy atom. The van der Waals surface area contributed by atoms with Crippen LogP contribution < -0.4 is 5.32 Å². The van der Waals surface area contributed by atoms with Crippen molar-refractivity contribution in [3.8, 4) is 0 Å². The van der Waals surface area contributed by atoms with Crippen molar-refractivity contribution in [3.63, 3.8) is 0 Å². The molecular weight excluding hydrogens is 347 g/mol. The second-order valence-corrected chi connectivity index (χ2v) is 6.83. The second-order valence-electron chi connectivity index (χ2n) is 6.01. The van der Waals surface area contributed by atoms with Gasteiger partial charge >= 0.3 is 0 Å². The molecule has 1 N–H and O–H groups in total. The third-order valence-corrected chi connectivity index (χ3v) is 4.71. The molecule has 2 atom stereocenters. The molecule has 24 heavy (non-hydrogen) atoms. The molecule has 0 aromatic heterocycles. The van der Waals surface area contributed by atoms with Crippen molar-refractivity contribution in [2.75, 3.05) is 0 Å². The molecule has 0 bridgehead atoms. The SMILES string of the molecule is CCCC(=O)N(Cc1ccc(Cl)c(Cl)c1)C(C)C(=O)NC(C)CC. The van der Waals surface area contributed by atoms with Crippen LogP contribution in [-0.2, 0) is 16.1 Å². The molecule has 0 heterocycles. The zero-order chi connectivity index (χ0) is 18.3.